The van der Waals surface area contributed by atoms with Gasteiger partial charge in [-0.3, -0.25) is 0 Å². The minimum atomic E-state index is -1.22. The van der Waals surface area contributed by atoms with Crippen molar-refractivity contribution in [3.05, 3.63) is 0 Å². The molecule has 0 aliphatic carbocycles. The zero-order valence-corrected chi connectivity index (χ0v) is 12.4. The zero-order chi connectivity index (χ0) is 13.2. The molecule has 2 N–H and O–H groups in total. The van der Waals surface area contributed by atoms with Gasteiger partial charge in [0.15, 0.2) is 0 Å². The van der Waals surface area contributed by atoms with Gasteiger partial charge in [0.05, 0.1) is 5.60 Å². The van der Waals surface area contributed by atoms with Gasteiger partial charge in [-0.25, -0.2) is 4.39 Å². The van der Waals surface area contributed by atoms with Crippen molar-refractivity contribution >= 4 is 11.8 Å². The Morgan fingerprint density at radius 3 is 2.67 bits per heavy atom. The van der Waals surface area contributed by atoms with Crippen molar-refractivity contribution < 1.29 is 9.13 Å². The minimum absolute atomic E-state index is 0.0133. The van der Waals surface area contributed by atoms with Crippen LogP contribution in [0.15, 0.2) is 0 Å². The van der Waals surface area contributed by atoms with Gasteiger partial charge in [0, 0.05) is 13.2 Å². The van der Waals surface area contributed by atoms with Crippen LogP contribution in [0.25, 0.3) is 0 Å². The Labute approximate surface area is 114 Å². The summed E-state index contributed by atoms with van der Waals surface area (Å²) in [6, 6.07) is 0. The van der Waals surface area contributed by atoms with Gasteiger partial charge in [0.1, 0.15) is 5.67 Å². The van der Waals surface area contributed by atoms with Crippen LogP contribution in [0.4, 0.5) is 4.39 Å². The summed E-state index contributed by atoms with van der Waals surface area (Å²) in [5.41, 5.74) is 4.47. The maximum atomic E-state index is 15.1. The van der Waals surface area contributed by atoms with Crippen molar-refractivity contribution in [1.82, 2.24) is 0 Å². The molecule has 0 radical (unpaired) electrons. The average molecular weight is 275 g/mol. The van der Waals surface area contributed by atoms with E-state index in [1.165, 1.54) is 0 Å². The Bertz CT molecular complexity index is 275. The molecule has 0 aromatic heterocycles. The molecule has 2 saturated heterocycles. The van der Waals surface area contributed by atoms with Crippen LogP contribution in [-0.2, 0) is 4.74 Å². The van der Waals surface area contributed by atoms with Crippen LogP contribution in [0.3, 0.4) is 0 Å². The molecule has 0 saturated carbocycles. The Hall–Kier alpha value is 0.200. The number of hydrogen-bond acceptors (Lipinski definition) is 3. The number of thioether (sulfide) groups is 1. The molecule has 2 atom stereocenters. The van der Waals surface area contributed by atoms with Crippen molar-refractivity contribution in [3.63, 3.8) is 0 Å². The highest BCUT2D eigenvalue weighted by Gasteiger charge is 2.48. The summed E-state index contributed by atoms with van der Waals surface area (Å²) in [6.45, 7) is 4.74. The van der Waals surface area contributed by atoms with Gasteiger partial charge < -0.3 is 10.5 Å². The van der Waals surface area contributed by atoms with Crippen molar-refractivity contribution in [2.24, 2.45) is 17.6 Å². The molecular weight excluding hydrogens is 249 g/mol. The van der Waals surface area contributed by atoms with Gasteiger partial charge in [-0.15, -0.1) is 0 Å². The zero-order valence-electron chi connectivity index (χ0n) is 11.6. The molecule has 2 nitrogen and oxygen atoms in total. The molecule has 2 aliphatic heterocycles. The summed E-state index contributed by atoms with van der Waals surface area (Å²) in [7, 11) is 0. The van der Waals surface area contributed by atoms with E-state index in [0.29, 0.717) is 6.61 Å². The minimum Gasteiger partial charge on any atom is -0.375 e. The number of hydrogen-bond donors (Lipinski definition) is 1. The molecule has 2 fully saturated rings. The third kappa shape index (κ3) is 2.70. The number of rotatable bonds is 3. The molecule has 4 heteroatoms. The monoisotopic (exact) mass is 275 g/mol. The van der Waals surface area contributed by atoms with Crippen LogP contribution in [0.1, 0.15) is 39.5 Å². The molecule has 2 rings (SSSR count). The van der Waals surface area contributed by atoms with Crippen LogP contribution < -0.4 is 5.73 Å². The summed E-state index contributed by atoms with van der Waals surface area (Å²) < 4.78 is 21.1. The van der Waals surface area contributed by atoms with Crippen molar-refractivity contribution in [1.29, 1.82) is 0 Å². The van der Waals surface area contributed by atoms with Crippen molar-refractivity contribution in [3.8, 4) is 0 Å². The Balaban J connectivity index is 2.10. The molecule has 18 heavy (non-hydrogen) atoms. The second-order valence-corrected chi connectivity index (χ2v) is 7.34. The van der Waals surface area contributed by atoms with E-state index in [0.717, 1.165) is 37.2 Å². The largest absolute Gasteiger partial charge is 0.375 e. The van der Waals surface area contributed by atoms with E-state index < -0.39 is 5.67 Å². The molecule has 2 unspecified atom stereocenters. The summed E-state index contributed by atoms with van der Waals surface area (Å²) in [5.74, 6) is 2.35. The molecule has 0 amide bonds. The molecule has 0 aromatic carbocycles. The van der Waals surface area contributed by atoms with Gasteiger partial charge in [-0.05, 0) is 49.0 Å². The third-order valence-electron chi connectivity index (χ3n) is 4.85. The predicted octanol–water partition coefficient (Wildman–Crippen LogP) is 3.00. The van der Waals surface area contributed by atoms with Crippen LogP contribution in [0.5, 0.6) is 0 Å². The maximum Gasteiger partial charge on any atom is 0.128 e. The molecule has 0 bridgehead atoms. The highest BCUT2D eigenvalue weighted by atomic mass is 32.2. The summed E-state index contributed by atoms with van der Waals surface area (Å²) >= 11 is 1.98. The first-order valence-corrected chi connectivity index (χ1v) is 8.28. The fraction of sp³-hybridized carbons (Fsp3) is 1.00. The van der Waals surface area contributed by atoms with E-state index in [-0.39, 0.29) is 24.0 Å². The molecule has 106 valence electrons. The fourth-order valence-corrected chi connectivity index (χ4v) is 4.64. The van der Waals surface area contributed by atoms with E-state index >= 15 is 4.39 Å². The SMILES string of the molecule is CC(C)C(F)(CN)C1CCOC2(CCSCC2)C1. The smallest absolute Gasteiger partial charge is 0.128 e. The van der Waals surface area contributed by atoms with E-state index in [2.05, 4.69) is 0 Å². The quantitative estimate of drug-likeness (QED) is 0.860. The van der Waals surface area contributed by atoms with Crippen LogP contribution in [0, 0.1) is 11.8 Å². The highest BCUT2D eigenvalue weighted by molar-refractivity contribution is 7.99. The third-order valence-corrected chi connectivity index (χ3v) is 5.83. The first kappa shape index (κ1) is 14.6. The van der Waals surface area contributed by atoms with Crippen molar-refractivity contribution in [2.45, 2.75) is 50.8 Å². The van der Waals surface area contributed by atoms with E-state index in [1.54, 1.807) is 0 Å². The lowest BCUT2D eigenvalue weighted by Crippen LogP contribution is -2.53. The second-order valence-electron chi connectivity index (χ2n) is 6.12. The fourth-order valence-electron chi connectivity index (χ4n) is 3.40. The standard InChI is InChI=1S/C14H26FNOS/c1-11(2)14(15,10-16)12-3-6-17-13(9-12)4-7-18-8-5-13/h11-12H,3-10,16H2,1-2H3. The first-order chi connectivity index (χ1) is 8.52. The first-order valence-electron chi connectivity index (χ1n) is 7.13. The molecule has 2 aliphatic rings. The Morgan fingerprint density at radius 1 is 1.44 bits per heavy atom. The average Bonchev–Trinajstić information content (AvgIpc) is 2.38. The molecule has 0 aromatic rings. The summed E-state index contributed by atoms with van der Waals surface area (Å²) in [5, 5.41) is 0. The summed E-state index contributed by atoms with van der Waals surface area (Å²) in [6.07, 6.45) is 3.83. The molecule has 2 heterocycles. The van der Waals surface area contributed by atoms with E-state index in [4.69, 9.17) is 10.5 Å². The second kappa shape index (κ2) is 5.68. The molecule has 1 spiro atoms. The highest BCUT2D eigenvalue weighted by Crippen LogP contribution is 2.45. The Kier molecular flexibility index (Phi) is 4.61. The lowest BCUT2D eigenvalue weighted by atomic mass is 9.70. The van der Waals surface area contributed by atoms with Crippen LogP contribution in [0.2, 0.25) is 0 Å². The number of alkyl halides is 1. The normalized spacial score (nSPS) is 31.5. The van der Waals surface area contributed by atoms with Gasteiger partial charge in [-0.2, -0.15) is 11.8 Å². The summed E-state index contributed by atoms with van der Waals surface area (Å²) in [4.78, 5) is 0. The topological polar surface area (TPSA) is 35.2 Å². The van der Waals surface area contributed by atoms with E-state index in [1.807, 2.05) is 25.6 Å². The molecular formula is C14H26FNOS. The predicted molar refractivity (Wildman–Crippen MR) is 75.7 cm³/mol. The van der Waals surface area contributed by atoms with E-state index in [9.17, 15) is 0 Å². The van der Waals surface area contributed by atoms with Gasteiger partial charge in [0.2, 0.25) is 0 Å². The van der Waals surface area contributed by atoms with Crippen molar-refractivity contribution in [2.75, 3.05) is 24.7 Å². The van der Waals surface area contributed by atoms with Crippen LogP contribution >= 0.6 is 11.8 Å². The van der Waals surface area contributed by atoms with Crippen LogP contribution in [-0.4, -0.2) is 35.9 Å². The van der Waals surface area contributed by atoms with Gasteiger partial charge in [-0.1, -0.05) is 13.8 Å². The maximum absolute atomic E-state index is 15.1. The number of halogens is 1. The van der Waals surface area contributed by atoms with Gasteiger partial charge >= 0.3 is 0 Å². The number of ether oxygens (including phenoxy) is 1. The lowest BCUT2D eigenvalue weighted by molar-refractivity contribution is -0.134. The number of nitrogens with two attached hydrogens (primary N) is 1. The lowest BCUT2D eigenvalue weighted by Gasteiger charge is -2.48. The van der Waals surface area contributed by atoms with Gasteiger partial charge in [0.25, 0.3) is 0 Å². The Morgan fingerprint density at radius 2 is 2.11 bits per heavy atom.